The highest BCUT2D eigenvalue weighted by atomic mass is 32.1. The van der Waals surface area contributed by atoms with Gasteiger partial charge in [-0.15, -0.1) is 0 Å². The van der Waals surface area contributed by atoms with Gasteiger partial charge in [0.05, 0.1) is 17.9 Å². The Balaban J connectivity index is 2.01. The summed E-state index contributed by atoms with van der Waals surface area (Å²) in [7, 11) is 3.35. The van der Waals surface area contributed by atoms with Crippen LogP contribution in [0.2, 0.25) is 0 Å². The first-order valence-electron chi connectivity index (χ1n) is 9.43. The van der Waals surface area contributed by atoms with Gasteiger partial charge >= 0.3 is 0 Å². The van der Waals surface area contributed by atoms with Crippen LogP contribution in [0.1, 0.15) is 41.0 Å². The first-order chi connectivity index (χ1) is 13.8. The molecule has 0 aliphatic carbocycles. The standard InChI is InChI=1S/C22H27N3O3S/c1-15(2)12-13-28-17-9-7-8-16(14-17)20(26)24-22(29)23-19-11-6-5-10-18(19)21(27)25(3)4/h5-11,14-15H,12-13H2,1-4H3,(H2,23,24,26,29). The van der Waals surface area contributed by atoms with E-state index in [1.165, 1.54) is 4.90 Å². The summed E-state index contributed by atoms with van der Waals surface area (Å²) in [6, 6.07) is 14.0. The maximum Gasteiger partial charge on any atom is 0.257 e. The Morgan fingerprint density at radius 1 is 1.10 bits per heavy atom. The molecular formula is C22H27N3O3S. The Morgan fingerprint density at radius 3 is 2.52 bits per heavy atom. The first kappa shape index (κ1) is 22.4. The number of carbonyl (C=O) groups excluding carboxylic acids is 2. The predicted molar refractivity (Wildman–Crippen MR) is 120 cm³/mol. The summed E-state index contributed by atoms with van der Waals surface area (Å²) in [4.78, 5) is 26.3. The van der Waals surface area contributed by atoms with Crippen molar-refractivity contribution in [2.75, 3.05) is 26.0 Å². The Bertz CT molecular complexity index is 881. The van der Waals surface area contributed by atoms with Gasteiger partial charge in [0.25, 0.3) is 11.8 Å². The first-order valence-corrected chi connectivity index (χ1v) is 9.84. The van der Waals surface area contributed by atoms with Crippen molar-refractivity contribution < 1.29 is 14.3 Å². The van der Waals surface area contributed by atoms with Crippen molar-refractivity contribution in [3.8, 4) is 5.75 Å². The van der Waals surface area contributed by atoms with Crippen molar-refractivity contribution in [2.24, 2.45) is 5.92 Å². The zero-order valence-electron chi connectivity index (χ0n) is 17.2. The Hall–Kier alpha value is -2.93. The Kier molecular flexibility index (Phi) is 8.15. The third kappa shape index (κ3) is 6.87. The molecule has 2 aromatic rings. The molecular weight excluding hydrogens is 386 g/mol. The number of amides is 2. The van der Waals surface area contributed by atoms with Crippen LogP contribution in [0.25, 0.3) is 0 Å². The summed E-state index contributed by atoms with van der Waals surface area (Å²) in [6.07, 6.45) is 0.940. The molecule has 154 valence electrons. The number of carbonyl (C=O) groups is 2. The zero-order valence-corrected chi connectivity index (χ0v) is 18.0. The van der Waals surface area contributed by atoms with E-state index in [1.807, 2.05) is 6.07 Å². The van der Waals surface area contributed by atoms with Crippen LogP contribution in [-0.4, -0.2) is 42.5 Å². The van der Waals surface area contributed by atoms with E-state index >= 15 is 0 Å². The molecule has 7 heteroatoms. The molecule has 2 N–H and O–H groups in total. The normalized spacial score (nSPS) is 10.4. The molecule has 0 aliphatic heterocycles. The maximum atomic E-state index is 12.5. The summed E-state index contributed by atoms with van der Waals surface area (Å²) in [6.45, 7) is 4.86. The van der Waals surface area contributed by atoms with Crippen LogP contribution in [0.3, 0.4) is 0 Å². The number of para-hydroxylation sites is 1. The summed E-state index contributed by atoms with van der Waals surface area (Å²) < 4.78 is 5.70. The van der Waals surface area contributed by atoms with Gasteiger partial charge in [0.2, 0.25) is 0 Å². The van der Waals surface area contributed by atoms with E-state index in [0.29, 0.717) is 35.1 Å². The van der Waals surface area contributed by atoms with Crippen molar-refractivity contribution >= 4 is 34.8 Å². The molecule has 29 heavy (non-hydrogen) atoms. The van der Waals surface area contributed by atoms with E-state index in [-0.39, 0.29) is 16.9 Å². The second-order valence-electron chi connectivity index (χ2n) is 7.21. The van der Waals surface area contributed by atoms with Crippen molar-refractivity contribution in [2.45, 2.75) is 20.3 Å². The van der Waals surface area contributed by atoms with Crippen molar-refractivity contribution in [3.05, 3.63) is 59.7 Å². The fourth-order valence-corrected chi connectivity index (χ4v) is 2.69. The maximum absolute atomic E-state index is 12.5. The third-order valence-corrected chi connectivity index (χ3v) is 4.30. The molecule has 0 aliphatic rings. The summed E-state index contributed by atoms with van der Waals surface area (Å²) in [5.41, 5.74) is 1.44. The largest absolute Gasteiger partial charge is 0.494 e. The molecule has 0 aromatic heterocycles. The average molecular weight is 414 g/mol. The molecule has 0 heterocycles. The van der Waals surface area contributed by atoms with E-state index in [1.54, 1.807) is 56.6 Å². The molecule has 2 amide bonds. The van der Waals surface area contributed by atoms with Gasteiger partial charge in [-0.2, -0.15) is 0 Å². The van der Waals surface area contributed by atoms with E-state index in [2.05, 4.69) is 24.5 Å². The van der Waals surface area contributed by atoms with Gasteiger partial charge in [-0.3, -0.25) is 14.9 Å². The van der Waals surface area contributed by atoms with Crippen LogP contribution in [0.5, 0.6) is 5.75 Å². The van der Waals surface area contributed by atoms with E-state index in [0.717, 1.165) is 6.42 Å². The van der Waals surface area contributed by atoms with E-state index in [4.69, 9.17) is 17.0 Å². The number of anilines is 1. The van der Waals surface area contributed by atoms with Crippen LogP contribution in [0.4, 0.5) is 5.69 Å². The summed E-state index contributed by atoms with van der Waals surface area (Å²) in [5, 5.41) is 5.68. The number of hydrogen-bond donors (Lipinski definition) is 2. The Morgan fingerprint density at radius 2 is 1.83 bits per heavy atom. The SMILES string of the molecule is CC(C)CCOc1cccc(C(=O)NC(=S)Nc2ccccc2C(=O)N(C)C)c1. The topological polar surface area (TPSA) is 70.7 Å². The lowest BCUT2D eigenvalue weighted by Gasteiger charge is -2.16. The van der Waals surface area contributed by atoms with Crippen LogP contribution in [0, 0.1) is 5.92 Å². The molecule has 6 nitrogen and oxygen atoms in total. The van der Waals surface area contributed by atoms with Gasteiger partial charge in [0.1, 0.15) is 5.75 Å². The highest BCUT2D eigenvalue weighted by molar-refractivity contribution is 7.80. The monoisotopic (exact) mass is 413 g/mol. The smallest absolute Gasteiger partial charge is 0.257 e. The molecule has 2 rings (SSSR count). The molecule has 0 unspecified atom stereocenters. The van der Waals surface area contributed by atoms with Gasteiger partial charge in [0.15, 0.2) is 5.11 Å². The number of benzene rings is 2. The molecule has 0 spiro atoms. The summed E-state index contributed by atoms with van der Waals surface area (Å²) >= 11 is 5.26. The highest BCUT2D eigenvalue weighted by Crippen LogP contribution is 2.17. The quantitative estimate of drug-likeness (QED) is 0.673. The lowest BCUT2D eigenvalue weighted by molar-refractivity contribution is 0.0828. The second kappa shape index (κ2) is 10.6. The number of thiocarbonyl (C=S) groups is 1. The van der Waals surface area contributed by atoms with Gasteiger partial charge < -0.3 is 15.0 Å². The van der Waals surface area contributed by atoms with Crippen LogP contribution >= 0.6 is 12.2 Å². The summed E-state index contributed by atoms with van der Waals surface area (Å²) in [5.74, 6) is 0.674. The van der Waals surface area contributed by atoms with Gasteiger partial charge in [0, 0.05) is 19.7 Å². The van der Waals surface area contributed by atoms with Crippen LogP contribution in [-0.2, 0) is 0 Å². The van der Waals surface area contributed by atoms with Crippen molar-refractivity contribution in [1.82, 2.24) is 10.2 Å². The molecule has 0 radical (unpaired) electrons. The van der Waals surface area contributed by atoms with Crippen molar-refractivity contribution in [1.29, 1.82) is 0 Å². The van der Waals surface area contributed by atoms with E-state index < -0.39 is 0 Å². The molecule has 0 saturated heterocycles. The molecule has 0 fully saturated rings. The number of nitrogens with one attached hydrogen (secondary N) is 2. The molecule has 0 saturated carbocycles. The molecule has 0 bridgehead atoms. The van der Waals surface area contributed by atoms with E-state index in [9.17, 15) is 9.59 Å². The van der Waals surface area contributed by atoms with Crippen LogP contribution < -0.4 is 15.4 Å². The minimum absolute atomic E-state index is 0.111. The fourth-order valence-electron chi connectivity index (χ4n) is 2.49. The average Bonchev–Trinajstić information content (AvgIpc) is 2.67. The molecule has 2 aromatic carbocycles. The van der Waals surface area contributed by atoms with Gasteiger partial charge in [-0.25, -0.2) is 0 Å². The molecule has 0 atom stereocenters. The second-order valence-corrected chi connectivity index (χ2v) is 7.62. The number of nitrogens with zero attached hydrogens (tertiary/aromatic N) is 1. The Labute approximate surface area is 177 Å². The lowest BCUT2D eigenvalue weighted by atomic mass is 10.1. The highest BCUT2D eigenvalue weighted by Gasteiger charge is 2.15. The van der Waals surface area contributed by atoms with Crippen LogP contribution in [0.15, 0.2) is 48.5 Å². The fraction of sp³-hybridized carbons (Fsp3) is 0.318. The number of hydrogen-bond acceptors (Lipinski definition) is 4. The number of ether oxygens (including phenoxy) is 1. The lowest BCUT2D eigenvalue weighted by Crippen LogP contribution is -2.35. The van der Waals surface area contributed by atoms with Crippen molar-refractivity contribution in [3.63, 3.8) is 0 Å². The third-order valence-electron chi connectivity index (χ3n) is 4.10. The number of rotatable bonds is 7. The minimum atomic E-state index is -0.353. The minimum Gasteiger partial charge on any atom is -0.494 e. The predicted octanol–water partition coefficient (Wildman–Crippen LogP) is 3.94. The van der Waals surface area contributed by atoms with Gasteiger partial charge in [-0.05, 0) is 54.9 Å². The zero-order chi connectivity index (χ0) is 21.4. The van der Waals surface area contributed by atoms with Gasteiger partial charge in [-0.1, -0.05) is 32.0 Å².